The average Bonchev–Trinajstić information content (AvgIpc) is 3.25. The number of aryl methyl sites for hydroxylation is 2. The van der Waals surface area contributed by atoms with Crippen molar-refractivity contribution in [2.24, 2.45) is 0 Å². The highest BCUT2D eigenvalue weighted by Gasteiger charge is 2.37. The van der Waals surface area contributed by atoms with Crippen LogP contribution >= 0.6 is 0 Å². The summed E-state index contributed by atoms with van der Waals surface area (Å²) in [5.74, 6) is -1.31. The molecular weight excluding hydrogens is 463 g/mol. The van der Waals surface area contributed by atoms with Gasteiger partial charge >= 0.3 is 6.18 Å². The lowest BCUT2D eigenvalue weighted by atomic mass is 9.95. The van der Waals surface area contributed by atoms with Gasteiger partial charge in [-0.05, 0) is 38.7 Å². The first-order valence-electron chi connectivity index (χ1n) is 12.2. The molecule has 2 aliphatic rings. The van der Waals surface area contributed by atoms with Gasteiger partial charge in [0, 0.05) is 50.0 Å². The SMILES string of the molecule is Cc1nc2nc(C(F)(F)F)nn2c(C)c1CCC(=O)N1CCN(CC(=O)NC2CCCCC2)CC1. The molecule has 1 saturated heterocycles. The van der Waals surface area contributed by atoms with Crippen molar-refractivity contribution < 1.29 is 22.8 Å². The molecule has 1 aliphatic carbocycles. The molecule has 0 spiro atoms. The fourth-order valence-corrected chi connectivity index (χ4v) is 4.96. The van der Waals surface area contributed by atoms with E-state index in [-0.39, 0.29) is 30.1 Å². The summed E-state index contributed by atoms with van der Waals surface area (Å²) >= 11 is 0. The van der Waals surface area contributed by atoms with Gasteiger partial charge in [0.1, 0.15) is 0 Å². The lowest BCUT2D eigenvalue weighted by Gasteiger charge is -2.35. The fraction of sp³-hybridized carbons (Fsp3) is 0.696. The summed E-state index contributed by atoms with van der Waals surface area (Å²) in [6.45, 7) is 6.06. The first kappa shape index (κ1) is 25.3. The number of halogens is 3. The van der Waals surface area contributed by atoms with Gasteiger partial charge in [-0.3, -0.25) is 14.5 Å². The zero-order valence-corrected chi connectivity index (χ0v) is 20.2. The van der Waals surface area contributed by atoms with Crippen molar-refractivity contribution >= 4 is 17.6 Å². The molecule has 1 aliphatic heterocycles. The summed E-state index contributed by atoms with van der Waals surface area (Å²) in [6, 6.07) is 0.289. The second kappa shape index (κ2) is 10.5. The first-order chi connectivity index (χ1) is 16.6. The van der Waals surface area contributed by atoms with Gasteiger partial charge in [0.05, 0.1) is 6.54 Å². The summed E-state index contributed by atoms with van der Waals surface area (Å²) in [5, 5.41) is 6.69. The van der Waals surface area contributed by atoms with Crippen molar-refractivity contribution in [2.45, 2.75) is 71.0 Å². The Morgan fingerprint density at radius 2 is 1.71 bits per heavy atom. The zero-order chi connectivity index (χ0) is 25.2. The summed E-state index contributed by atoms with van der Waals surface area (Å²) in [5.41, 5.74) is 1.73. The van der Waals surface area contributed by atoms with Gasteiger partial charge in [-0.25, -0.2) is 9.50 Å². The summed E-state index contributed by atoms with van der Waals surface area (Å²) in [7, 11) is 0. The number of rotatable bonds is 6. The van der Waals surface area contributed by atoms with Crippen molar-refractivity contribution in [3.63, 3.8) is 0 Å². The Labute approximate surface area is 202 Å². The van der Waals surface area contributed by atoms with Gasteiger partial charge in [0.15, 0.2) is 0 Å². The van der Waals surface area contributed by atoms with Crippen LogP contribution in [-0.4, -0.2) is 80.0 Å². The summed E-state index contributed by atoms with van der Waals surface area (Å²) < 4.78 is 40.0. The number of nitrogens with zero attached hydrogens (tertiary/aromatic N) is 6. The van der Waals surface area contributed by atoms with Gasteiger partial charge in [-0.15, -0.1) is 5.10 Å². The van der Waals surface area contributed by atoms with Crippen LogP contribution in [-0.2, 0) is 22.2 Å². The molecule has 2 aromatic heterocycles. The van der Waals surface area contributed by atoms with Crippen LogP contribution in [0, 0.1) is 13.8 Å². The molecule has 9 nitrogen and oxygen atoms in total. The fourth-order valence-electron chi connectivity index (χ4n) is 4.96. The number of carbonyl (C=O) groups is 2. The van der Waals surface area contributed by atoms with Crippen molar-refractivity contribution in [1.29, 1.82) is 0 Å². The van der Waals surface area contributed by atoms with Gasteiger partial charge in [-0.2, -0.15) is 18.2 Å². The van der Waals surface area contributed by atoms with Crippen molar-refractivity contribution in [1.82, 2.24) is 34.7 Å². The molecule has 0 unspecified atom stereocenters. The van der Waals surface area contributed by atoms with Crippen molar-refractivity contribution in [3.8, 4) is 0 Å². The Morgan fingerprint density at radius 3 is 2.37 bits per heavy atom. The predicted octanol–water partition coefficient (Wildman–Crippen LogP) is 2.29. The van der Waals surface area contributed by atoms with Crippen molar-refractivity contribution in [3.05, 3.63) is 22.8 Å². The van der Waals surface area contributed by atoms with Gasteiger partial charge in [0.2, 0.25) is 11.8 Å². The topological polar surface area (TPSA) is 95.7 Å². The van der Waals surface area contributed by atoms with E-state index in [0.717, 1.165) is 17.4 Å². The normalized spacial score (nSPS) is 18.3. The number of hydrogen-bond donors (Lipinski definition) is 1. The third kappa shape index (κ3) is 6.09. The van der Waals surface area contributed by atoms with E-state index in [9.17, 15) is 22.8 Å². The van der Waals surface area contributed by atoms with E-state index in [1.165, 1.54) is 19.3 Å². The number of fused-ring (bicyclic) bond motifs is 1. The van der Waals surface area contributed by atoms with Crippen LogP contribution in [0.5, 0.6) is 0 Å². The average molecular weight is 496 g/mol. The lowest BCUT2D eigenvalue weighted by Crippen LogP contribution is -2.52. The van der Waals surface area contributed by atoms with E-state index >= 15 is 0 Å². The maximum absolute atomic E-state index is 13.0. The Balaban J connectivity index is 1.28. The number of aromatic nitrogens is 4. The second-order valence-corrected chi connectivity index (χ2v) is 9.47. The zero-order valence-electron chi connectivity index (χ0n) is 20.2. The number of amides is 2. The molecule has 2 amide bonds. The Bertz CT molecular complexity index is 1070. The highest BCUT2D eigenvalue weighted by molar-refractivity contribution is 5.78. The molecule has 1 saturated carbocycles. The minimum absolute atomic E-state index is 0.0234. The second-order valence-electron chi connectivity index (χ2n) is 9.47. The van der Waals surface area contributed by atoms with Gasteiger partial charge in [0.25, 0.3) is 11.6 Å². The van der Waals surface area contributed by atoms with Crippen LogP contribution in [0.3, 0.4) is 0 Å². The Morgan fingerprint density at radius 1 is 1.03 bits per heavy atom. The van der Waals surface area contributed by atoms with E-state index in [1.807, 2.05) is 0 Å². The molecule has 0 bridgehead atoms. The largest absolute Gasteiger partial charge is 0.453 e. The molecule has 1 N–H and O–H groups in total. The minimum Gasteiger partial charge on any atom is -0.352 e. The van der Waals surface area contributed by atoms with E-state index in [1.54, 1.807) is 18.7 Å². The molecule has 4 rings (SSSR count). The maximum Gasteiger partial charge on any atom is 0.453 e. The molecule has 12 heteroatoms. The van der Waals surface area contributed by atoms with Crippen LogP contribution < -0.4 is 5.32 Å². The van der Waals surface area contributed by atoms with Gasteiger partial charge in [-0.1, -0.05) is 19.3 Å². The van der Waals surface area contributed by atoms with E-state index < -0.39 is 12.0 Å². The van der Waals surface area contributed by atoms with Crippen LogP contribution in [0.25, 0.3) is 5.78 Å². The molecule has 0 radical (unpaired) electrons. The number of alkyl halides is 3. The quantitative estimate of drug-likeness (QED) is 0.661. The minimum atomic E-state index is -4.65. The molecular formula is C23H32F3N7O2. The maximum atomic E-state index is 13.0. The van der Waals surface area contributed by atoms with Crippen molar-refractivity contribution in [2.75, 3.05) is 32.7 Å². The Kier molecular flexibility index (Phi) is 7.58. The number of nitrogens with one attached hydrogen (secondary N) is 1. The molecule has 3 heterocycles. The first-order valence-corrected chi connectivity index (χ1v) is 12.2. The number of hydrogen-bond acceptors (Lipinski definition) is 6. The van der Waals surface area contributed by atoms with Crippen LogP contribution in [0.15, 0.2) is 0 Å². The molecule has 2 fully saturated rings. The number of carbonyl (C=O) groups excluding carboxylic acids is 2. The monoisotopic (exact) mass is 495 g/mol. The van der Waals surface area contributed by atoms with Gasteiger partial charge < -0.3 is 10.2 Å². The molecule has 35 heavy (non-hydrogen) atoms. The molecule has 192 valence electrons. The summed E-state index contributed by atoms with van der Waals surface area (Å²) in [4.78, 5) is 36.7. The smallest absolute Gasteiger partial charge is 0.352 e. The van der Waals surface area contributed by atoms with E-state index in [0.29, 0.717) is 56.1 Å². The van der Waals surface area contributed by atoms with Crippen LogP contribution in [0.4, 0.5) is 13.2 Å². The van der Waals surface area contributed by atoms with E-state index in [2.05, 4.69) is 25.3 Å². The standard InChI is InChI=1S/C23H32F3N7O2/c1-15-18(16(2)33-22(27-15)29-21(30-33)23(24,25)26)8-9-20(35)32-12-10-31(11-13-32)14-19(34)28-17-6-4-3-5-7-17/h17H,3-14H2,1-2H3,(H,28,34). The Hall–Kier alpha value is -2.76. The van der Waals surface area contributed by atoms with Crippen LogP contribution in [0.2, 0.25) is 0 Å². The van der Waals surface area contributed by atoms with E-state index in [4.69, 9.17) is 0 Å². The predicted molar refractivity (Wildman–Crippen MR) is 122 cm³/mol. The molecule has 0 atom stereocenters. The third-order valence-electron chi connectivity index (χ3n) is 6.95. The molecule has 0 aromatic carbocycles. The summed E-state index contributed by atoms with van der Waals surface area (Å²) in [6.07, 6.45) is 1.60. The third-order valence-corrected chi connectivity index (χ3v) is 6.95. The highest BCUT2D eigenvalue weighted by Crippen LogP contribution is 2.27. The lowest BCUT2D eigenvalue weighted by molar-refractivity contribution is -0.144. The molecule has 2 aromatic rings. The number of piperazine rings is 1. The highest BCUT2D eigenvalue weighted by atomic mass is 19.4. The van der Waals surface area contributed by atoms with Crippen LogP contribution in [0.1, 0.15) is 61.3 Å².